The average Bonchev–Trinajstić information content (AvgIpc) is 2.02. The lowest BCUT2D eigenvalue weighted by molar-refractivity contribution is 0.287. The maximum absolute atomic E-state index is 12.2. The van der Waals surface area contributed by atoms with Crippen LogP contribution in [0.3, 0.4) is 0 Å². The zero-order valence-electron chi connectivity index (χ0n) is 7.63. The molecular weight excluding hydrogens is 193 g/mol. The Labute approximate surface area is 78.7 Å². The van der Waals surface area contributed by atoms with Crippen LogP contribution in [0.1, 0.15) is 38.5 Å². The molecule has 0 radical (unpaired) electrons. The summed E-state index contributed by atoms with van der Waals surface area (Å²) in [5.41, 5.74) is 5.50. The highest BCUT2D eigenvalue weighted by molar-refractivity contribution is 7.86. The fourth-order valence-electron chi connectivity index (χ4n) is 1.83. The van der Waals surface area contributed by atoms with Crippen molar-refractivity contribution in [2.75, 3.05) is 5.75 Å². The molecular formula is C8H16FNO2S. The van der Waals surface area contributed by atoms with Crippen molar-refractivity contribution in [3.8, 4) is 0 Å². The Morgan fingerprint density at radius 1 is 1.23 bits per heavy atom. The molecule has 1 aliphatic carbocycles. The molecule has 13 heavy (non-hydrogen) atoms. The summed E-state index contributed by atoms with van der Waals surface area (Å²) in [6, 6.07) is 0. The van der Waals surface area contributed by atoms with Gasteiger partial charge in [-0.25, -0.2) is 0 Å². The number of hydrogen-bond acceptors (Lipinski definition) is 3. The lowest BCUT2D eigenvalue weighted by Crippen LogP contribution is -2.42. The van der Waals surface area contributed by atoms with Crippen molar-refractivity contribution < 1.29 is 12.3 Å². The van der Waals surface area contributed by atoms with Crippen LogP contribution in [0.5, 0.6) is 0 Å². The molecule has 0 saturated heterocycles. The molecule has 5 heteroatoms. The molecule has 0 heterocycles. The lowest BCUT2D eigenvalue weighted by Gasteiger charge is -2.32. The zero-order valence-corrected chi connectivity index (χ0v) is 8.45. The summed E-state index contributed by atoms with van der Waals surface area (Å²) in [6.45, 7) is 0. The summed E-state index contributed by atoms with van der Waals surface area (Å²) in [7, 11) is -4.34. The predicted molar refractivity (Wildman–Crippen MR) is 49.5 cm³/mol. The van der Waals surface area contributed by atoms with Crippen molar-refractivity contribution in [2.45, 2.75) is 44.1 Å². The van der Waals surface area contributed by atoms with Gasteiger partial charge in [0.25, 0.3) is 0 Å². The fraction of sp³-hybridized carbons (Fsp3) is 1.00. The van der Waals surface area contributed by atoms with Crippen LogP contribution >= 0.6 is 0 Å². The highest BCUT2D eigenvalue weighted by Crippen LogP contribution is 2.28. The SMILES string of the molecule is NC1(CCS(=O)(=O)F)CCCCC1. The van der Waals surface area contributed by atoms with Gasteiger partial charge in [-0.15, -0.1) is 3.89 Å². The Morgan fingerprint density at radius 2 is 1.77 bits per heavy atom. The van der Waals surface area contributed by atoms with E-state index in [4.69, 9.17) is 5.73 Å². The minimum Gasteiger partial charge on any atom is -0.325 e. The molecule has 1 saturated carbocycles. The minimum absolute atomic E-state index is 0.256. The van der Waals surface area contributed by atoms with Gasteiger partial charge in [-0.2, -0.15) is 8.42 Å². The predicted octanol–water partition coefficient (Wildman–Crippen LogP) is 1.34. The Kier molecular flexibility index (Phi) is 3.29. The third-order valence-corrected chi connectivity index (χ3v) is 3.38. The van der Waals surface area contributed by atoms with Gasteiger partial charge in [0.1, 0.15) is 0 Å². The molecule has 1 fully saturated rings. The third-order valence-electron chi connectivity index (χ3n) is 2.69. The van der Waals surface area contributed by atoms with Crippen LogP contribution in [0, 0.1) is 0 Å². The molecule has 0 atom stereocenters. The standard InChI is InChI=1S/C8H16FNO2S/c9-13(11,12)7-6-8(10)4-2-1-3-5-8/h1-7,10H2. The van der Waals surface area contributed by atoms with Gasteiger partial charge < -0.3 is 5.73 Å². The molecule has 0 spiro atoms. The maximum Gasteiger partial charge on any atom is 0.302 e. The Morgan fingerprint density at radius 3 is 2.23 bits per heavy atom. The molecule has 0 unspecified atom stereocenters. The second-order valence-electron chi connectivity index (χ2n) is 3.92. The van der Waals surface area contributed by atoms with E-state index in [1.807, 2.05) is 0 Å². The van der Waals surface area contributed by atoms with Crippen molar-refractivity contribution in [3.63, 3.8) is 0 Å². The molecule has 0 aromatic carbocycles. The summed E-state index contributed by atoms with van der Waals surface area (Å²) >= 11 is 0. The van der Waals surface area contributed by atoms with Crippen LogP contribution in [0.15, 0.2) is 0 Å². The topological polar surface area (TPSA) is 60.2 Å². The Bertz CT molecular complexity index is 257. The van der Waals surface area contributed by atoms with E-state index in [0.717, 1.165) is 32.1 Å². The molecule has 0 aromatic rings. The van der Waals surface area contributed by atoms with Gasteiger partial charge in [0.05, 0.1) is 5.75 Å². The lowest BCUT2D eigenvalue weighted by atomic mass is 9.81. The van der Waals surface area contributed by atoms with Crippen molar-refractivity contribution in [3.05, 3.63) is 0 Å². The third kappa shape index (κ3) is 4.04. The van der Waals surface area contributed by atoms with Gasteiger partial charge in [0.2, 0.25) is 0 Å². The first-order chi connectivity index (χ1) is 5.91. The summed E-state index contributed by atoms with van der Waals surface area (Å²) < 4.78 is 32.8. The molecule has 0 aliphatic heterocycles. The van der Waals surface area contributed by atoms with Gasteiger partial charge in [0, 0.05) is 5.54 Å². The van der Waals surface area contributed by atoms with Gasteiger partial charge >= 0.3 is 10.2 Å². The van der Waals surface area contributed by atoms with Crippen LogP contribution in [-0.2, 0) is 10.2 Å². The van der Waals surface area contributed by atoms with Crippen molar-refractivity contribution in [1.29, 1.82) is 0 Å². The molecule has 2 N–H and O–H groups in total. The molecule has 1 aliphatic rings. The quantitative estimate of drug-likeness (QED) is 0.713. The van der Waals surface area contributed by atoms with E-state index in [2.05, 4.69) is 0 Å². The summed E-state index contributed by atoms with van der Waals surface area (Å²) in [4.78, 5) is 0. The first-order valence-electron chi connectivity index (χ1n) is 4.63. The number of halogens is 1. The molecule has 0 aromatic heterocycles. The largest absolute Gasteiger partial charge is 0.325 e. The number of rotatable bonds is 3. The van der Waals surface area contributed by atoms with Crippen LogP contribution < -0.4 is 5.73 Å². The maximum atomic E-state index is 12.2. The van der Waals surface area contributed by atoms with Gasteiger partial charge in [0.15, 0.2) is 0 Å². The van der Waals surface area contributed by atoms with Crippen LogP contribution in [0.2, 0.25) is 0 Å². The smallest absolute Gasteiger partial charge is 0.302 e. The average molecular weight is 209 g/mol. The second-order valence-corrected chi connectivity index (χ2v) is 5.40. The van der Waals surface area contributed by atoms with E-state index in [1.165, 1.54) is 0 Å². The number of nitrogens with two attached hydrogens (primary N) is 1. The summed E-state index contributed by atoms with van der Waals surface area (Å²) in [5, 5.41) is 0. The van der Waals surface area contributed by atoms with E-state index < -0.39 is 21.5 Å². The van der Waals surface area contributed by atoms with Crippen molar-refractivity contribution >= 4 is 10.2 Å². The highest BCUT2D eigenvalue weighted by Gasteiger charge is 2.28. The normalized spacial score (nSPS) is 22.9. The highest BCUT2D eigenvalue weighted by atomic mass is 32.3. The van der Waals surface area contributed by atoms with E-state index >= 15 is 0 Å². The molecule has 0 bridgehead atoms. The monoisotopic (exact) mass is 209 g/mol. The fourth-order valence-corrected chi connectivity index (χ4v) is 2.48. The number of hydrogen-bond donors (Lipinski definition) is 1. The molecule has 3 nitrogen and oxygen atoms in total. The van der Waals surface area contributed by atoms with Crippen molar-refractivity contribution in [2.24, 2.45) is 5.73 Å². The van der Waals surface area contributed by atoms with E-state index in [9.17, 15) is 12.3 Å². The second kappa shape index (κ2) is 3.92. The molecule has 1 rings (SSSR count). The van der Waals surface area contributed by atoms with Gasteiger partial charge in [-0.05, 0) is 19.3 Å². The summed E-state index contributed by atoms with van der Waals surface area (Å²) in [6.07, 6.45) is 5.11. The molecule has 78 valence electrons. The minimum atomic E-state index is -4.34. The first kappa shape index (κ1) is 10.9. The van der Waals surface area contributed by atoms with E-state index in [0.29, 0.717) is 0 Å². The van der Waals surface area contributed by atoms with E-state index in [1.54, 1.807) is 0 Å². The van der Waals surface area contributed by atoms with Crippen molar-refractivity contribution in [1.82, 2.24) is 0 Å². The summed E-state index contributed by atoms with van der Waals surface area (Å²) in [5.74, 6) is -0.427. The van der Waals surface area contributed by atoms with Crippen LogP contribution in [0.25, 0.3) is 0 Å². The zero-order chi connectivity index (χ0) is 9.95. The van der Waals surface area contributed by atoms with E-state index in [-0.39, 0.29) is 6.42 Å². The van der Waals surface area contributed by atoms with Gasteiger partial charge in [-0.3, -0.25) is 0 Å². The Hall–Kier alpha value is -0.160. The van der Waals surface area contributed by atoms with Gasteiger partial charge in [-0.1, -0.05) is 19.3 Å². The first-order valence-corrected chi connectivity index (χ1v) is 6.18. The van der Waals surface area contributed by atoms with Crippen LogP contribution in [0.4, 0.5) is 3.89 Å². The van der Waals surface area contributed by atoms with Crippen LogP contribution in [-0.4, -0.2) is 19.7 Å². The Balaban J connectivity index is 2.42. The molecule has 0 amide bonds.